The van der Waals surface area contributed by atoms with Crippen molar-refractivity contribution in [3.8, 4) is 5.75 Å². The highest BCUT2D eigenvalue weighted by molar-refractivity contribution is 7.79. The molecule has 6 heteroatoms. The third-order valence-electron chi connectivity index (χ3n) is 5.86. The number of rotatable bonds is 14. The van der Waals surface area contributed by atoms with Gasteiger partial charge in [0.2, 0.25) is 0 Å². The van der Waals surface area contributed by atoms with Crippen molar-refractivity contribution >= 4 is 16.8 Å². The fourth-order valence-corrected chi connectivity index (χ4v) is 3.80. The van der Waals surface area contributed by atoms with Crippen molar-refractivity contribution < 1.29 is 13.5 Å². The molecule has 0 aliphatic rings. The van der Waals surface area contributed by atoms with Gasteiger partial charge in [-0.25, -0.2) is 4.21 Å². The summed E-state index contributed by atoms with van der Waals surface area (Å²) in [6.45, 7) is 23.7. The lowest BCUT2D eigenvalue weighted by molar-refractivity contribution is 0.339. The van der Waals surface area contributed by atoms with Gasteiger partial charge in [0.1, 0.15) is 5.75 Å². The van der Waals surface area contributed by atoms with Crippen molar-refractivity contribution in [1.29, 1.82) is 0 Å². The molecular formula is C27H42N2O3S. The minimum atomic E-state index is -2.09. The Labute approximate surface area is 203 Å². The Morgan fingerprint density at radius 2 is 1.82 bits per heavy atom. The molecule has 3 N–H and O–H groups in total. The van der Waals surface area contributed by atoms with Gasteiger partial charge in [0.15, 0.2) is 11.1 Å². The van der Waals surface area contributed by atoms with E-state index < -0.39 is 11.1 Å². The maximum Gasteiger partial charge on any atom is 0.186 e. The van der Waals surface area contributed by atoms with Crippen molar-refractivity contribution in [1.82, 2.24) is 10.6 Å². The monoisotopic (exact) mass is 474 g/mol. The lowest BCUT2D eigenvalue weighted by atomic mass is 9.96. The van der Waals surface area contributed by atoms with Gasteiger partial charge in [0.05, 0.1) is 22.9 Å². The molecule has 0 bridgehead atoms. The van der Waals surface area contributed by atoms with Crippen molar-refractivity contribution in [2.75, 3.05) is 6.61 Å². The van der Waals surface area contributed by atoms with Gasteiger partial charge in [-0.05, 0) is 75.3 Å². The predicted octanol–water partition coefficient (Wildman–Crippen LogP) is 7.13. The van der Waals surface area contributed by atoms with Crippen LogP contribution in [0.25, 0.3) is 5.70 Å². The van der Waals surface area contributed by atoms with E-state index in [1.165, 1.54) is 5.57 Å². The zero-order chi connectivity index (χ0) is 25.1. The number of ether oxygens (including phenoxy) is 1. The Morgan fingerprint density at radius 3 is 2.33 bits per heavy atom. The van der Waals surface area contributed by atoms with Gasteiger partial charge in [0, 0.05) is 17.0 Å². The second kappa shape index (κ2) is 14.1. The van der Waals surface area contributed by atoms with E-state index in [0.717, 1.165) is 59.6 Å². The zero-order valence-electron chi connectivity index (χ0n) is 21.4. The summed E-state index contributed by atoms with van der Waals surface area (Å²) in [6.07, 6.45) is 3.69. The summed E-state index contributed by atoms with van der Waals surface area (Å²) in [7, 11) is 0. The van der Waals surface area contributed by atoms with Crippen LogP contribution >= 0.6 is 0 Å². The Kier molecular flexibility index (Phi) is 12.2. The van der Waals surface area contributed by atoms with E-state index in [4.69, 9.17) is 4.74 Å². The van der Waals surface area contributed by atoms with Crippen LogP contribution in [0.2, 0.25) is 0 Å². The first-order valence-corrected chi connectivity index (χ1v) is 12.9. The average molecular weight is 475 g/mol. The molecule has 2 unspecified atom stereocenters. The summed E-state index contributed by atoms with van der Waals surface area (Å²) in [5.41, 5.74) is 6.47. The maximum atomic E-state index is 11.8. The Balaban J connectivity index is 3.58. The second-order valence-corrected chi connectivity index (χ2v) is 9.27. The van der Waals surface area contributed by atoms with Crippen LogP contribution in [-0.2, 0) is 11.1 Å². The van der Waals surface area contributed by atoms with Crippen LogP contribution in [0.1, 0.15) is 79.7 Å². The van der Waals surface area contributed by atoms with Crippen LogP contribution in [0.3, 0.4) is 0 Å². The summed E-state index contributed by atoms with van der Waals surface area (Å²) in [6, 6.07) is 5.08. The lowest BCUT2D eigenvalue weighted by Gasteiger charge is -2.25. The lowest BCUT2D eigenvalue weighted by Crippen LogP contribution is -2.25. The minimum Gasteiger partial charge on any atom is -0.493 e. The second-order valence-electron chi connectivity index (χ2n) is 8.30. The van der Waals surface area contributed by atoms with Gasteiger partial charge in [-0.1, -0.05) is 47.3 Å². The van der Waals surface area contributed by atoms with Gasteiger partial charge in [-0.3, -0.25) is 0 Å². The molecule has 1 aromatic rings. The molecule has 0 spiro atoms. The number of hydrogen-bond acceptors (Lipinski definition) is 4. The zero-order valence-corrected chi connectivity index (χ0v) is 22.2. The number of allylic oxidation sites excluding steroid dienone is 3. The van der Waals surface area contributed by atoms with Crippen molar-refractivity contribution in [3.63, 3.8) is 0 Å². The van der Waals surface area contributed by atoms with Crippen molar-refractivity contribution in [2.45, 2.75) is 79.0 Å². The molecule has 0 fully saturated rings. The van der Waals surface area contributed by atoms with Crippen LogP contribution in [-0.4, -0.2) is 15.4 Å². The fourth-order valence-electron chi connectivity index (χ4n) is 3.39. The average Bonchev–Trinajstić information content (AvgIpc) is 2.79. The van der Waals surface area contributed by atoms with Crippen LogP contribution in [0.15, 0.2) is 64.5 Å². The van der Waals surface area contributed by atoms with Gasteiger partial charge in [-0.2, -0.15) is 0 Å². The Hall–Kier alpha value is -2.31. The molecule has 0 radical (unpaired) electrons. The van der Waals surface area contributed by atoms with Gasteiger partial charge >= 0.3 is 0 Å². The van der Waals surface area contributed by atoms with E-state index >= 15 is 0 Å². The molecule has 1 rings (SSSR count). The summed E-state index contributed by atoms with van der Waals surface area (Å²) in [4.78, 5) is 0.322. The third-order valence-corrected chi connectivity index (χ3v) is 6.51. The predicted molar refractivity (Wildman–Crippen MR) is 141 cm³/mol. The van der Waals surface area contributed by atoms with E-state index in [1.807, 2.05) is 13.8 Å². The highest BCUT2D eigenvalue weighted by Gasteiger charge is 2.19. The molecule has 0 saturated carbocycles. The molecule has 5 nitrogen and oxygen atoms in total. The van der Waals surface area contributed by atoms with Gasteiger partial charge in [-0.15, -0.1) is 0 Å². The maximum absolute atomic E-state index is 11.8. The highest BCUT2D eigenvalue weighted by Crippen LogP contribution is 2.32. The molecule has 184 valence electrons. The van der Waals surface area contributed by atoms with E-state index in [1.54, 1.807) is 18.2 Å². The molecule has 0 amide bonds. The Morgan fingerprint density at radius 1 is 1.15 bits per heavy atom. The fraction of sp³-hybridized carbons (Fsp3) is 0.481. The largest absolute Gasteiger partial charge is 0.493 e. The van der Waals surface area contributed by atoms with Crippen LogP contribution in [0.4, 0.5) is 0 Å². The molecule has 2 atom stereocenters. The number of benzene rings is 1. The van der Waals surface area contributed by atoms with E-state index in [-0.39, 0.29) is 0 Å². The highest BCUT2D eigenvalue weighted by atomic mass is 32.2. The first-order chi connectivity index (χ1) is 15.6. The first-order valence-electron chi connectivity index (χ1n) is 11.8. The molecule has 0 heterocycles. The molecule has 0 aliphatic heterocycles. The summed E-state index contributed by atoms with van der Waals surface area (Å²) >= 11 is -2.09. The molecule has 0 saturated heterocycles. The molecule has 33 heavy (non-hydrogen) atoms. The number of hydrogen-bond donors (Lipinski definition) is 3. The number of nitrogens with one attached hydrogen (secondary N) is 2. The van der Waals surface area contributed by atoms with Crippen LogP contribution in [0.5, 0.6) is 5.75 Å². The van der Waals surface area contributed by atoms with Crippen molar-refractivity contribution in [2.24, 2.45) is 5.92 Å². The van der Waals surface area contributed by atoms with Crippen molar-refractivity contribution in [3.05, 3.63) is 65.2 Å². The SMILES string of the molecule is C=C(CCC)N/C(C(=C)NC(=C(C)CC)c1cc(S(=O)O)ccc1OCC)=C(/C)C(C)CC. The summed E-state index contributed by atoms with van der Waals surface area (Å²) in [5.74, 6) is 1.03. The molecule has 0 aliphatic carbocycles. The van der Waals surface area contributed by atoms with E-state index in [2.05, 4.69) is 58.4 Å². The standard InChI is InChI=1S/C27H42N2O3S/c1-10-14-20(7)28-27(21(8)18(5)11-2)22(9)29-26(19(6)12-3)24-17-23(33(30)31)15-16-25(24)32-13-4/h15-18,28-29H,7,9-14H2,1-6,8H3,(H,30,31)/b26-19?,27-21-. The third kappa shape index (κ3) is 8.20. The normalized spacial score (nSPS) is 14.5. The molecule has 0 aromatic heterocycles. The first kappa shape index (κ1) is 28.7. The molecular weight excluding hydrogens is 432 g/mol. The summed E-state index contributed by atoms with van der Waals surface area (Å²) < 4.78 is 27.3. The van der Waals surface area contributed by atoms with Crippen LogP contribution < -0.4 is 15.4 Å². The van der Waals surface area contributed by atoms with Gasteiger partial charge < -0.3 is 19.9 Å². The smallest absolute Gasteiger partial charge is 0.186 e. The van der Waals surface area contributed by atoms with E-state index in [0.29, 0.717) is 23.2 Å². The topological polar surface area (TPSA) is 70.6 Å². The van der Waals surface area contributed by atoms with E-state index in [9.17, 15) is 8.76 Å². The van der Waals surface area contributed by atoms with Crippen LogP contribution in [0, 0.1) is 5.92 Å². The minimum absolute atomic E-state index is 0.322. The van der Waals surface area contributed by atoms with Gasteiger partial charge in [0.25, 0.3) is 0 Å². The summed E-state index contributed by atoms with van der Waals surface area (Å²) in [5, 5.41) is 7.02. The Bertz CT molecular complexity index is 931. The molecule has 1 aromatic carbocycles. The quantitative estimate of drug-likeness (QED) is 0.197.